The van der Waals surface area contributed by atoms with Gasteiger partial charge in [0.05, 0.1) is 16.8 Å². The molecule has 0 amide bonds. The number of hydrogen-bond donors (Lipinski definition) is 1. The lowest BCUT2D eigenvalue weighted by molar-refractivity contribution is 0.170. The fourth-order valence-electron chi connectivity index (χ4n) is 1.75. The van der Waals surface area contributed by atoms with Gasteiger partial charge in [-0.2, -0.15) is 0 Å². The Labute approximate surface area is 103 Å². The lowest BCUT2D eigenvalue weighted by atomic mass is 10.1. The molecule has 1 atom stereocenters. The SMILES string of the molecule is CCCS(=O)(=O)c1ccccc1CC(O)CC. The van der Waals surface area contributed by atoms with Crippen LogP contribution in [-0.4, -0.2) is 25.4 Å². The lowest BCUT2D eigenvalue weighted by Crippen LogP contribution is -2.14. The van der Waals surface area contributed by atoms with Gasteiger partial charge in [-0.05, 0) is 30.9 Å². The topological polar surface area (TPSA) is 54.4 Å². The van der Waals surface area contributed by atoms with E-state index in [0.29, 0.717) is 24.2 Å². The molecule has 96 valence electrons. The van der Waals surface area contributed by atoms with Gasteiger partial charge in [0.1, 0.15) is 0 Å². The van der Waals surface area contributed by atoms with E-state index in [1.54, 1.807) is 18.2 Å². The first-order chi connectivity index (χ1) is 8.01. The van der Waals surface area contributed by atoms with E-state index in [-0.39, 0.29) is 5.75 Å². The highest BCUT2D eigenvalue weighted by molar-refractivity contribution is 7.91. The van der Waals surface area contributed by atoms with E-state index in [4.69, 9.17) is 0 Å². The van der Waals surface area contributed by atoms with E-state index in [2.05, 4.69) is 0 Å². The number of benzene rings is 1. The Morgan fingerprint density at radius 3 is 2.47 bits per heavy atom. The second-order valence-corrected chi connectivity index (χ2v) is 6.27. The van der Waals surface area contributed by atoms with Crippen molar-refractivity contribution in [1.29, 1.82) is 0 Å². The van der Waals surface area contributed by atoms with Gasteiger partial charge >= 0.3 is 0 Å². The molecule has 17 heavy (non-hydrogen) atoms. The van der Waals surface area contributed by atoms with Crippen LogP contribution in [-0.2, 0) is 16.3 Å². The van der Waals surface area contributed by atoms with Gasteiger partial charge in [0.2, 0.25) is 0 Å². The average Bonchev–Trinajstić information content (AvgIpc) is 2.29. The van der Waals surface area contributed by atoms with Crippen LogP contribution >= 0.6 is 0 Å². The zero-order valence-corrected chi connectivity index (χ0v) is 11.2. The normalized spacial score (nSPS) is 13.6. The van der Waals surface area contributed by atoms with Crippen LogP contribution in [0.1, 0.15) is 32.3 Å². The molecule has 0 heterocycles. The number of aliphatic hydroxyl groups is 1. The third-order valence-electron chi connectivity index (χ3n) is 2.71. The Balaban J connectivity index is 3.08. The van der Waals surface area contributed by atoms with Gasteiger partial charge in [-0.1, -0.05) is 32.0 Å². The predicted octanol–water partition coefficient (Wildman–Crippen LogP) is 2.18. The Morgan fingerprint density at radius 1 is 1.24 bits per heavy atom. The predicted molar refractivity (Wildman–Crippen MR) is 68.8 cm³/mol. The Bertz CT molecular complexity index is 451. The Kier molecular flexibility index (Phi) is 5.15. The van der Waals surface area contributed by atoms with Crippen molar-refractivity contribution in [1.82, 2.24) is 0 Å². The number of hydrogen-bond acceptors (Lipinski definition) is 3. The fraction of sp³-hybridized carbons (Fsp3) is 0.538. The monoisotopic (exact) mass is 256 g/mol. The quantitative estimate of drug-likeness (QED) is 0.848. The van der Waals surface area contributed by atoms with Gasteiger partial charge in [-0.25, -0.2) is 8.42 Å². The van der Waals surface area contributed by atoms with E-state index in [1.165, 1.54) is 0 Å². The molecule has 0 aliphatic carbocycles. The summed E-state index contributed by atoms with van der Waals surface area (Å²) >= 11 is 0. The highest BCUT2D eigenvalue weighted by Crippen LogP contribution is 2.19. The molecule has 0 bridgehead atoms. The summed E-state index contributed by atoms with van der Waals surface area (Å²) in [6.07, 6.45) is 1.15. The van der Waals surface area contributed by atoms with E-state index >= 15 is 0 Å². The van der Waals surface area contributed by atoms with Crippen LogP contribution in [0.3, 0.4) is 0 Å². The highest BCUT2D eigenvalue weighted by atomic mass is 32.2. The average molecular weight is 256 g/mol. The van der Waals surface area contributed by atoms with Crippen molar-refractivity contribution in [2.75, 3.05) is 5.75 Å². The van der Waals surface area contributed by atoms with E-state index in [1.807, 2.05) is 19.9 Å². The minimum Gasteiger partial charge on any atom is -0.393 e. The second-order valence-electron chi connectivity index (χ2n) is 4.19. The molecule has 1 aromatic rings. The molecule has 0 saturated heterocycles. The maximum absolute atomic E-state index is 12.0. The van der Waals surface area contributed by atoms with Gasteiger partial charge in [0.15, 0.2) is 9.84 Å². The van der Waals surface area contributed by atoms with Crippen LogP contribution in [0.15, 0.2) is 29.2 Å². The van der Waals surface area contributed by atoms with Crippen LogP contribution < -0.4 is 0 Å². The minimum atomic E-state index is -3.21. The largest absolute Gasteiger partial charge is 0.393 e. The van der Waals surface area contributed by atoms with Gasteiger partial charge in [-0.15, -0.1) is 0 Å². The molecular formula is C13H20O3S. The van der Waals surface area contributed by atoms with Crippen LogP contribution in [0.25, 0.3) is 0 Å². The van der Waals surface area contributed by atoms with Gasteiger partial charge < -0.3 is 5.11 Å². The molecule has 1 unspecified atom stereocenters. The first-order valence-electron chi connectivity index (χ1n) is 6.00. The smallest absolute Gasteiger partial charge is 0.178 e. The van der Waals surface area contributed by atoms with Gasteiger partial charge in [0.25, 0.3) is 0 Å². The molecule has 0 aromatic heterocycles. The van der Waals surface area contributed by atoms with Gasteiger partial charge in [-0.3, -0.25) is 0 Å². The summed E-state index contributed by atoms with van der Waals surface area (Å²) in [5, 5.41) is 9.64. The van der Waals surface area contributed by atoms with Crippen LogP contribution in [0.5, 0.6) is 0 Å². The summed E-state index contributed by atoms with van der Waals surface area (Å²) in [6, 6.07) is 6.94. The van der Waals surface area contributed by atoms with E-state index in [9.17, 15) is 13.5 Å². The molecule has 1 N–H and O–H groups in total. The van der Waals surface area contributed by atoms with Gasteiger partial charge in [0, 0.05) is 0 Å². The standard InChI is InChI=1S/C13H20O3S/c1-3-9-17(15,16)13-8-6-5-7-11(13)10-12(14)4-2/h5-8,12,14H,3-4,9-10H2,1-2H3. The summed E-state index contributed by atoms with van der Waals surface area (Å²) < 4.78 is 24.1. The summed E-state index contributed by atoms with van der Waals surface area (Å²) in [5.41, 5.74) is 0.718. The third-order valence-corrected chi connectivity index (χ3v) is 4.72. The maximum Gasteiger partial charge on any atom is 0.178 e. The van der Waals surface area contributed by atoms with Crippen molar-refractivity contribution in [3.8, 4) is 0 Å². The van der Waals surface area contributed by atoms with Crippen LogP contribution in [0.4, 0.5) is 0 Å². The van der Waals surface area contributed by atoms with Crippen LogP contribution in [0, 0.1) is 0 Å². The molecule has 0 aliphatic rings. The summed E-state index contributed by atoms with van der Waals surface area (Å²) in [5.74, 6) is 0.159. The van der Waals surface area contributed by atoms with E-state index < -0.39 is 15.9 Å². The first kappa shape index (κ1) is 14.2. The van der Waals surface area contributed by atoms with Crippen molar-refractivity contribution in [2.24, 2.45) is 0 Å². The maximum atomic E-state index is 12.0. The molecule has 0 spiro atoms. The van der Waals surface area contributed by atoms with Crippen molar-refractivity contribution in [3.63, 3.8) is 0 Å². The molecule has 0 radical (unpaired) electrons. The van der Waals surface area contributed by atoms with Crippen molar-refractivity contribution in [2.45, 2.75) is 44.1 Å². The van der Waals surface area contributed by atoms with Crippen molar-refractivity contribution >= 4 is 9.84 Å². The Hall–Kier alpha value is -0.870. The lowest BCUT2D eigenvalue weighted by Gasteiger charge is -2.12. The summed E-state index contributed by atoms with van der Waals surface area (Å²) in [6.45, 7) is 3.73. The highest BCUT2D eigenvalue weighted by Gasteiger charge is 2.18. The molecule has 0 fully saturated rings. The van der Waals surface area contributed by atoms with E-state index in [0.717, 1.165) is 5.56 Å². The van der Waals surface area contributed by atoms with Crippen molar-refractivity contribution < 1.29 is 13.5 Å². The van der Waals surface area contributed by atoms with Crippen LogP contribution in [0.2, 0.25) is 0 Å². The summed E-state index contributed by atoms with van der Waals surface area (Å²) in [7, 11) is -3.21. The molecule has 1 aromatic carbocycles. The fourth-order valence-corrected chi connectivity index (χ4v) is 3.35. The number of sulfone groups is 1. The Morgan fingerprint density at radius 2 is 1.88 bits per heavy atom. The molecule has 4 heteroatoms. The number of rotatable bonds is 6. The molecule has 1 rings (SSSR count). The second kappa shape index (κ2) is 6.17. The molecule has 3 nitrogen and oxygen atoms in total. The third kappa shape index (κ3) is 3.82. The summed E-state index contributed by atoms with van der Waals surface area (Å²) in [4.78, 5) is 0.370. The molecule has 0 saturated carbocycles. The first-order valence-corrected chi connectivity index (χ1v) is 7.65. The van der Waals surface area contributed by atoms with Crippen molar-refractivity contribution in [3.05, 3.63) is 29.8 Å². The zero-order valence-electron chi connectivity index (χ0n) is 10.4. The molecule has 0 aliphatic heterocycles. The molecular weight excluding hydrogens is 236 g/mol. The zero-order chi connectivity index (χ0) is 12.9. The minimum absolute atomic E-state index is 0.159. The number of aliphatic hydroxyl groups excluding tert-OH is 1.